The summed E-state index contributed by atoms with van der Waals surface area (Å²) in [7, 11) is 0. The van der Waals surface area contributed by atoms with Crippen LogP contribution in [0.25, 0.3) is 0 Å². The predicted octanol–water partition coefficient (Wildman–Crippen LogP) is 4.91. The smallest absolute Gasteiger partial charge is 0.719 e. The van der Waals surface area contributed by atoms with Gasteiger partial charge in [0.25, 0.3) is 0 Å². The molecule has 0 aliphatic rings. The van der Waals surface area contributed by atoms with Crippen molar-refractivity contribution in [2.45, 2.75) is 90.9 Å². The fourth-order valence-electron chi connectivity index (χ4n) is 2.46. The van der Waals surface area contributed by atoms with Crippen LogP contribution in [-0.2, 0) is 25.3 Å². The van der Waals surface area contributed by atoms with E-state index in [2.05, 4.69) is 32.2 Å². The van der Waals surface area contributed by atoms with Crippen molar-refractivity contribution >= 4 is 58.8 Å². The number of nitrogens with two attached hydrogens (primary N) is 1. The molecule has 7 heteroatoms. The number of unbranched alkanes of at least 4 members (excludes halogenated alkanes) is 10. The zero-order valence-electron chi connectivity index (χ0n) is 16.3. The Hall–Kier alpha value is 0.146. The zero-order chi connectivity index (χ0) is 18.6. The maximum Gasteiger partial charge on any atom is 2.00 e. The van der Waals surface area contributed by atoms with E-state index in [1.807, 2.05) is 4.90 Å². The first-order valence-corrected chi connectivity index (χ1v) is 10.2. The molecule has 2 amide bonds. The van der Waals surface area contributed by atoms with Crippen molar-refractivity contribution in [1.29, 1.82) is 0 Å². The van der Waals surface area contributed by atoms with Crippen molar-refractivity contribution in [2.24, 2.45) is 5.73 Å². The summed E-state index contributed by atoms with van der Waals surface area (Å²) in [5.74, 6) is 0. The Morgan fingerprint density at radius 2 is 1.00 bits per heavy atom. The second kappa shape index (κ2) is 24.1. The van der Waals surface area contributed by atoms with Gasteiger partial charge in [-0.2, -0.15) is 0 Å². The molecule has 0 heterocycles. The zero-order valence-corrected chi connectivity index (χ0v) is 19.3. The van der Waals surface area contributed by atoms with E-state index >= 15 is 0 Å². The van der Waals surface area contributed by atoms with Crippen LogP contribution in [0.4, 0.5) is 9.59 Å². The van der Waals surface area contributed by atoms with E-state index in [0.29, 0.717) is 0 Å². The number of hydrogen-bond acceptors (Lipinski definition) is 4. The largest absolute Gasteiger partial charge is 2.00 e. The molecule has 0 unspecified atom stereocenters. The fourth-order valence-corrected chi connectivity index (χ4v) is 2.64. The Morgan fingerprint density at radius 3 is 1.28 bits per heavy atom. The van der Waals surface area contributed by atoms with Gasteiger partial charge in [0.05, 0.1) is 5.24 Å². The number of rotatable bonds is 14. The summed E-state index contributed by atoms with van der Waals surface area (Å²) in [5, 5.41) is -0.910. The average Bonchev–Trinajstić information content (AvgIpc) is 2.51. The normalized spacial score (nSPS) is 9.52. The summed E-state index contributed by atoms with van der Waals surface area (Å²) < 4.78 is 0. The molecular formula is C18H36MgN2O2S2. The molecule has 0 bridgehead atoms. The molecule has 25 heavy (non-hydrogen) atoms. The Morgan fingerprint density at radius 1 is 0.720 bits per heavy atom. The minimum absolute atomic E-state index is 0. The fraction of sp³-hybridized carbons (Fsp3) is 0.889. The number of hydrogen-bond donors (Lipinski definition) is 1. The van der Waals surface area contributed by atoms with Gasteiger partial charge in [0.15, 0.2) is 0 Å². The van der Waals surface area contributed by atoms with Gasteiger partial charge in [-0.3, -0.25) is 0 Å². The third-order valence-corrected chi connectivity index (χ3v) is 4.08. The summed E-state index contributed by atoms with van der Waals surface area (Å²) in [5.41, 5.74) is 4.29. The van der Waals surface area contributed by atoms with Gasteiger partial charge in [0.1, 0.15) is 5.24 Å². The second-order valence-corrected chi connectivity index (χ2v) is 6.86. The molecule has 0 aliphatic heterocycles. The Kier molecular flexibility index (Phi) is 28.9. The molecule has 0 rings (SSSR count). The first-order chi connectivity index (χ1) is 11.5. The minimum atomic E-state index is -0.750. The predicted molar refractivity (Wildman–Crippen MR) is 114 cm³/mol. The van der Waals surface area contributed by atoms with E-state index in [4.69, 9.17) is 17.4 Å². The molecule has 0 spiro atoms. The van der Waals surface area contributed by atoms with Crippen molar-refractivity contribution in [3.63, 3.8) is 0 Å². The molecule has 144 valence electrons. The number of carbonyl (C=O) groups is 2. The van der Waals surface area contributed by atoms with Gasteiger partial charge in [-0.25, -0.2) is 0 Å². The summed E-state index contributed by atoms with van der Waals surface area (Å²) in [6.07, 6.45) is 15.2. The molecule has 0 aromatic rings. The SMILES string of the molecule is CCCCCCCCN(CCCCCCCC)C(=O)[S-].NC(=O)[S-].[Mg+2]. The van der Waals surface area contributed by atoms with Crippen molar-refractivity contribution in [3.8, 4) is 0 Å². The van der Waals surface area contributed by atoms with Gasteiger partial charge in [-0.1, -0.05) is 78.1 Å². The summed E-state index contributed by atoms with van der Waals surface area (Å²) in [4.78, 5) is 22.3. The van der Waals surface area contributed by atoms with Crippen molar-refractivity contribution in [3.05, 3.63) is 0 Å². The quantitative estimate of drug-likeness (QED) is 0.255. The molecule has 0 radical (unpaired) electrons. The van der Waals surface area contributed by atoms with Crippen LogP contribution in [0.15, 0.2) is 0 Å². The Bertz CT molecular complexity index is 289. The number of nitrogens with zero attached hydrogens (tertiary/aromatic N) is 1. The summed E-state index contributed by atoms with van der Waals surface area (Å²) in [6, 6.07) is 0. The van der Waals surface area contributed by atoms with E-state index in [1.165, 1.54) is 64.2 Å². The van der Waals surface area contributed by atoms with Crippen LogP contribution in [-0.4, -0.2) is 51.5 Å². The van der Waals surface area contributed by atoms with Gasteiger partial charge in [0.2, 0.25) is 0 Å². The maximum atomic E-state index is 11.4. The standard InChI is InChI=1S/C17H35NOS.CH3NOS.Mg/c1-3-5-7-9-11-13-15-18(17(19)20)16-14-12-10-8-6-4-2;2-1(3)4;/h3-16H2,1-2H3,(H,19,20);(H3,2,3,4);/q;;+2/p-2. The first kappa shape index (κ1) is 29.9. The third kappa shape index (κ3) is 29.2. The second-order valence-electron chi connectivity index (χ2n) is 6.11. The Labute approximate surface area is 182 Å². The number of primary amides is 1. The van der Waals surface area contributed by atoms with Crippen LogP contribution in [0.3, 0.4) is 0 Å². The molecule has 2 N–H and O–H groups in total. The summed E-state index contributed by atoms with van der Waals surface area (Å²) >= 11 is 8.59. The van der Waals surface area contributed by atoms with Gasteiger partial charge in [-0.05, 0) is 12.8 Å². The van der Waals surface area contributed by atoms with Gasteiger partial charge in [0, 0.05) is 13.1 Å². The molecule has 4 nitrogen and oxygen atoms in total. The third-order valence-electron chi connectivity index (χ3n) is 3.82. The van der Waals surface area contributed by atoms with Crippen LogP contribution in [0.2, 0.25) is 0 Å². The molecule has 0 aliphatic carbocycles. The minimum Gasteiger partial charge on any atom is -0.719 e. The Balaban J connectivity index is -0.000000867. The monoisotopic (exact) mass is 400 g/mol. The summed E-state index contributed by atoms with van der Waals surface area (Å²) in [6.45, 7) is 6.20. The van der Waals surface area contributed by atoms with Crippen LogP contribution in [0.5, 0.6) is 0 Å². The molecule has 0 fully saturated rings. The van der Waals surface area contributed by atoms with Crippen molar-refractivity contribution < 1.29 is 9.59 Å². The number of amides is 2. The molecule has 0 atom stereocenters. The molecule has 0 saturated heterocycles. The maximum absolute atomic E-state index is 11.4. The van der Waals surface area contributed by atoms with Crippen molar-refractivity contribution in [1.82, 2.24) is 4.90 Å². The molecule has 0 aromatic heterocycles. The van der Waals surface area contributed by atoms with E-state index in [9.17, 15) is 4.79 Å². The van der Waals surface area contributed by atoms with E-state index in [-0.39, 0.29) is 28.3 Å². The first-order valence-electron chi connectivity index (χ1n) is 9.38. The van der Waals surface area contributed by atoms with E-state index in [1.54, 1.807) is 0 Å². The van der Waals surface area contributed by atoms with Crippen LogP contribution in [0.1, 0.15) is 90.9 Å². The van der Waals surface area contributed by atoms with Crippen LogP contribution in [0, 0.1) is 0 Å². The van der Waals surface area contributed by atoms with Crippen molar-refractivity contribution in [2.75, 3.05) is 13.1 Å². The van der Waals surface area contributed by atoms with Crippen LogP contribution >= 0.6 is 0 Å². The van der Waals surface area contributed by atoms with Gasteiger partial charge < -0.3 is 45.5 Å². The van der Waals surface area contributed by atoms with Gasteiger partial charge in [-0.15, -0.1) is 0 Å². The van der Waals surface area contributed by atoms with E-state index < -0.39 is 5.24 Å². The topological polar surface area (TPSA) is 63.4 Å². The van der Waals surface area contributed by atoms with E-state index in [0.717, 1.165) is 25.9 Å². The molecule has 0 saturated carbocycles. The average molecular weight is 401 g/mol. The van der Waals surface area contributed by atoms with Gasteiger partial charge >= 0.3 is 23.1 Å². The molecule has 0 aromatic carbocycles. The number of carbonyl (C=O) groups excluding carboxylic acids is 2. The molecular weight excluding hydrogens is 365 g/mol. The van der Waals surface area contributed by atoms with Crippen LogP contribution < -0.4 is 5.73 Å².